The first-order chi connectivity index (χ1) is 11.5. The number of rotatable bonds is 6. The second-order valence-electron chi connectivity index (χ2n) is 5.25. The minimum absolute atomic E-state index is 0. The van der Waals surface area contributed by atoms with Crippen molar-refractivity contribution in [2.24, 2.45) is 4.99 Å². The maximum atomic E-state index is 5.40. The van der Waals surface area contributed by atoms with Crippen LogP contribution in [0.25, 0.3) is 0 Å². The van der Waals surface area contributed by atoms with E-state index in [1.54, 1.807) is 18.4 Å². The van der Waals surface area contributed by atoms with E-state index in [2.05, 4.69) is 43.5 Å². The summed E-state index contributed by atoms with van der Waals surface area (Å²) in [6.07, 6.45) is 0. The lowest BCUT2D eigenvalue weighted by molar-refractivity contribution is 0.409. The van der Waals surface area contributed by atoms with Gasteiger partial charge in [0.05, 0.1) is 30.9 Å². The van der Waals surface area contributed by atoms with E-state index < -0.39 is 0 Å². The molecule has 2 rings (SSSR count). The van der Waals surface area contributed by atoms with E-state index in [1.165, 1.54) is 4.88 Å². The lowest BCUT2D eigenvalue weighted by Crippen LogP contribution is -2.36. The van der Waals surface area contributed by atoms with E-state index in [-0.39, 0.29) is 24.0 Å². The zero-order chi connectivity index (χ0) is 17.5. The Balaban J connectivity index is 0.00000312. The molecule has 0 saturated carbocycles. The van der Waals surface area contributed by atoms with E-state index >= 15 is 0 Å². The molecule has 1 aromatic heterocycles. The number of benzene rings is 1. The van der Waals surface area contributed by atoms with E-state index in [0.29, 0.717) is 6.54 Å². The molecular formula is C17H24BrIN4OS. The Labute approximate surface area is 178 Å². The van der Waals surface area contributed by atoms with Gasteiger partial charge in [-0.1, -0.05) is 15.9 Å². The molecule has 0 aliphatic heterocycles. The van der Waals surface area contributed by atoms with Crippen molar-refractivity contribution < 1.29 is 4.74 Å². The van der Waals surface area contributed by atoms with Gasteiger partial charge in [-0.05, 0) is 39.0 Å². The number of methoxy groups -OCH3 is 1. The van der Waals surface area contributed by atoms with Crippen LogP contribution in [0.5, 0.6) is 5.75 Å². The number of aromatic nitrogens is 1. The second kappa shape index (κ2) is 11.0. The van der Waals surface area contributed by atoms with Gasteiger partial charge < -0.3 is 15.4 Å². The molecule has 0 spiro atoms. The van der Waals surface area contributed by atoms with Crippen LogP contribution in [-0.4, -0.2) is 24.6 Å². The highest BCUT2D eigenvalue weighted by Crippen LogP contribution is 2.23. The van der Waals surface area contributed by atoms with Gasteiger partial charge in [-0.25, -0.2) is 9.98 Å². The smallest absolute Gasteiger partial charge is 0.191 e. The molecule has 2 N–H and O–H groups in total. The molecule has 138 valence electrons. The van der Waals surface area contributed by atoms with Crippen LogP contribution in [0.2, 0.25) is 0 Å². The molecule has 8 heteroatoms. The summed E-state index contributed by atoms with van der Waals surface area (Å²) in [4.78, 5) is 10.4. The molecule has 2 aromatic rings. The summed E-state index contributed by atoms with van der Waals surface area (Å²) in [6.45, 7) is 8.19. The number of aryl methyl sites for hydroxylation is 2. The Morgan fingerprint density at radius 1 is 1.32 bits per heavy atom. The summed E-state index contributed by atoms with van der Waals surface area (Å²) in [5, 5.41) is 7.73. The van der Waals surface area contributed by atoms with Crippen molar-refractivity contribution in [2.75, 3.05) is 13.7 Å². The molecule has 0 aliphatic carbocycles. The zero-order valence-electron chi connectivity index (χ0n) is 14.9. The summed E-state index contributed by atoms with van der Waals surface area (Å²) in [7, 11) is 1.68. The van der Waals surface area contributed by atoms with Crippen LogP contribution in [0.3, 0.4) is 0 Å². The van der Waals surface area contributed by atoms with Crippen molar-refractivity contribution in [3.05, 3.63) is 43.8 Å². The highest BCUT2D eigenvalue weighted by Gasteiger charge is 2.07. The summed E-state index contributed by atoms with van der Waals surface area (Å²) < 4.78 is 6.42. The van der Waals surface area contributed by atoms with Gasteiger partial charge in [0, 0.05) is 21.5 Å². The predicted octanol–water partition coefficient (Wildman–Crippen LogP) is 4.40. The zero-order valence-corrected chi connectivity index (χ0v) is 19.6. The fourth-order valence-electron chi connectivity index (χ4n) is 2.28. The number of nitrogens with zero attached hydrogens (tertiary/aromatic N) is 2. The highest BCUT2D eigenvalue weighted by molar-refractivity contribution is 14.0. The molecule has 0 amide bonds. The lowest BCUT2D eigenvalue weighted by Gasteiger charge is -2.12. The first kappa shape index (κ1) is 22.2. The van der Waals surface area contributed by atoms with Crippen LogP contribution < -0.4 is 15.4 Å². The van der Waals surface area contributed by atoms with Gasteiger partial charge in [0.15, 0.2) is 5.96 Å². The van der Waals surface area contributed by atoms with Crippen molar-refractivity contribution in [3.63, 3.8) is 0 Å². The molecule has 0 bridgehead atoms. The molecule has 0 unspecified atom stereocenters. The molecule has 1 aromatic carbocycles. The first-order valence-corrected chi connectivity index (χ1v) is 9.42. The molecule has 0 radical (unpaired) electrons. The molecule has 0 atom stereocenters. The van der Waals surface area contributed by atoms with E-state index in [1.807, 2.05) is 32.0 Å². The number of halogens is 2. The van der Waals surface area contributed by atoms with E-state index in [9.17, 15) is 0 Å². The summed E-state index contributed by atoms with van der Waals surface area (Å²) in [5.41, 5.74) is 2.11. The van der Waals surface area contributed by atoms with Gasteiger partial charge in [-0.3, -0.25) is 0 Å². The fraction of sp³-hybridized carbons (Fsp3) is 0.412. The van der Waals surface area contributed by atoms with Gasteiger partial charge in [0.25, 0.3) is 0 Å². The van der Waals surface area contributed by atoms with Crippen LogP contribution in [0, 0.1) is 13.8 Å². The number of ether oxygens (including phenoxy) is 1. The minimum Gasteiger partial charge on any atom is -0.496 e. The third-order valence-corrected chi connectivity index (χ3v) is 4.98. The van der Waals surface area contributed by atoms with Crippen molar-refractivity contribution >= 4 is 57.2 Å². The number of nitrogens with one attached hydrogen (secondary N) is 2. The fourth-order valence-corrected chi connectivity index (χ4v) is 3.56. The van der Waals surface area contributed by atoms with Gasteiger partial charge in [0.1, 0.15) is 5.75 Å². The standard InChI is InChI=1S/C17H23BrN4OS.HI/c1-5-19-17(21-10-16-11(2)22-12(3)24-16)20-9-13-8-14(18)6-7-15(13)23-4;/h6-8H,5,9-10H2,1-4H3,(H2,19,20,21);1H. The van der Waals surface area contributed by atoms with Crippen LogP contribution in [0.15, 0.2) is 27.7 Å². The maximum Gasteiger partial charge on any atom is 0.191 e. The topological polar surface area (TPSA) is 58.5 Å². The van der Waals surface area contributed by atoms with Crippen molar-refractivity contribution in [2.45, 2.75) is 33.9 Å². The van der Waals surface area contributed by atoms with Gasteiger partial charge >= 0.3 is 0 Å². The van der Waals surface area contributed by atoms with Crippen LogP contribution in [0.1, 0.15) is 28.1 Å². The SMILES string of the molecule is CCNC(=NCc1cc(Br)ccc1OC)NCc1sc(C)nc1C.I. The molecule has 1 heterocycles. The average molecular weight is 539 g/mol. The first-order valence-electron chi connectivity index (χ1n) is 7.81. The normalized spacial score (nSPS) is 11.0. The molecule has 0 saturated heterocycles. The Hall–Kier alpha value is -0.870. The number of hydrogen-bond acceptors (Lipinski definition) is 4. The minimum atomic E-state index is 0. The van der Waals surface area contributed by atoms with Crippen LogP contribution in [0.4, 0.5) is 0 Å². The largest absolute Gasteiger partial charge is 0.496 e. The van der Waals surface area contributed by atoms with Gasteiger partial charge in [-0.2, -0.15) is 0 Å². The molecule has 0 fully saturated rings. The van der Waals surface area contributed by atoms with Crippen molar-refractivity contribution in [1.82, 2.24) is 15.6 Å². The maximum absolute atomic E-state index is 5.40. The summed E-state index contributed by atoms with van der Waals surface area (Å²) in [6, 6.07) is 5.94. The number of thiazole rings is 1. The number of aliphatic imine (C=N–C) groups is 1. The second-order valence-corrected chi connectivity index (χ2v) is 7.45. The quantitative estimate of drug-likeness (QED) is 0.325. The molecular weight excluding hydrogens is 515 g/mol. The predicted molar refractivity (Wildman–Crippen MR) is 119 cm³/mol. The Bertz CT molecular complexity index is 721. The Morgan fingerprint density at radius 2 is 2.08 bits per heavy atom. The third-order valence-electron chi connectivity index (χ3n) is 3.41. The average Bonchev–Trinajstić information content (AvgIpc) is 2.88. The molecule has 0 aliphatic rings. The third kappa shape index (κ3) is 6.74. The lowest BCUT2D eigenvalue weighted by atomic mass is 10.2. The number of hydrogen-bond donors (Lipinski definition) is 2. The van der Waals surface area contributed by atoms with Crippen LogP contribution >= 0.6 is 51.2 Å². The van der Waals surface area contributed by atoms with E-state index in [0.717, 1.165) is 45.5 Å². The summed E-state index contributed by atoms with van der Waals surface area (Å²) in [5.74, 6) is 1.62. The molecule has 5 nitrogen and oxygen atoms in total. The van der Waals surface area contributed by atoms with Gasteiger partial charge in [0.2, 0.25) is 0 Å². The molecule has 25 heavy (non-hydrogen) atoms. The van der Waals surface area contributed by atoms with Gasteiger partial charge in [-0.15, -0.1) is 35.3 Å². The van der Waals surface area contributed by atoms with Crippen molar-refractivity contribution in [3.8, 4) is 5.75 Å². The van der Waals surface area contributed by atoms with Crippen LogP contribution in [-0.2, 0) is 13.1 Å². The highest BCUT2D eigenvalue weighted by atomic mass is 127. The summed E-state index contributed by atoms with van der Waals surface area (Å²) >= 11 is 5.21. The Morgan fingerprint density at radius 3 is 2.68 bits per heavy atom. The number of guanidine groups is 1. The monoisotopic (exact) mass is 538 g/mol. The van der Waals surface area contributed by atoms with Crippen molar-refractivity contribution in [1.29, 1.82) is 0 Å². The van der Waals surface area contributed by atoms with E-state index in [4.69, 9.17) is 4.74 Å². The Kier molecular flexibility index (Phi) is 9.73.